The number of benzene rings is 2. The number of hydrogen-bond donors (Lipinski definition) is 2. The van der Waals surface area contributed by atoms with Gasteiger partial charge in [-0.15, -0.1) is 0 Å². The average Bonchev–Trinajstić information content (AvgIpc) is 2.42. The third-order valence-corrected chi connectivity index (χ3v) is 3.86. The SMILES string of the molecule is CCC(Nc1c(F)cccc1Cl)c1cc(Br)ccc1O. The first-order valence-corrected chi connectivity index (χ1v) is 7.39. The van der Waals surface area contributed by atoms with Gasteiger partial charge in [0.15, 0.2) is 0 Å². The van der Waals surface area contributed by atoms with Crippen molar-refractivity contribution in [3.05, 3.63) is 57.3 Å². The first-order valence-electron chi connectivity index (χ1n) is 6.22. The number of phenols is 1. The van der Waals surface area contributed by atoms with Crippen molar-refractivity contribution in [2.24, 2.45) is 0 Å². The van der Waals surface area contributed by atoms with Crippen LogP contribution in [-0.4, -0.2) is 5.11 Å². The van der Waals surface area contributed by atoms with E-state index in [1.54, 1.807) is 24.3 Å². The molecule has 2 N–H and O–H groups in total. The van der Waals surface area contributed by atoms with Crippen molar-refractivity contribution in [2.75, 3.05) is 5.32 Å². The summed E-state index contributed by atoms with van der Waals surface area (Å²) < 4.78 is 14.7. The van der Waals surface area contributed by atoms with Gasteiger partial charge in [-0.2, -0.15) is 0 Å². The Balaban J connectivity index is 2.36. The normalized spacial score (nSPS) is 12.2. The van der Waals surface area contributed by atoms with E-state index < -0.39 is 5.82 Å². The van der Waals surface area contributed by atoms with Gasteiger partial charge < -0.3 is 10.4 Å². The average molecular weight is 359 g/mol. The molecular weight excluding hydrogens is 345 g/mol. The summed E-state index contributed by atoms with van der Waals surface area (Å²) in [6.07, 6.45) is 0.675. The molecule has 2 aromatic rings. The van der Waals surface area contributed by atoms with E-state index in [9.17, 15) is 9.50 Å². The van der Waals surface area contributed by atoms with Gasteiger partial charge in [-0.05, 0) is 36.8 Å². The summed E-state index contributed by atoms with van der Waals surface area (Å²) in [6.45, 7) is 1.95. The summed E-state index contributed by atoms with van der Waals surface area (Å²) in [4.78, 5) is 0. The second kappa shape index (κ2) is 6.46. The molecule has 0 aliphatic carbocycles. The predicted molar refractivity (Wildman–Crippen MR) is 83.9 cm³/mol. The highest BCUT2D eigenvalue weighted by molar-refractivity contribution is 9.10. The Bertz CT molecular complexity index is 601. The summed E-state index contributed by atoms with van der Waals surface area (Å²) in [5.74, 6) is -0.245. The zero-order valence-corrected chi connectivity index (χ0v) is 13.2. The fourth-order valence-corrected chi connectivity index (χ4v) is 2.61. The maximum atomic E-state index is 13.8. The van der Waals surface area contributed by atoms with Crippen molar-refractivity contribution in [1.82, 2.24) is 0 Å². The van der Waals surface area contributed by atoms with Gasteiger partial charge in [0.05, 0.1) is 16.8 Å². The number of aromatic hydroxyl groups is 1. The Kier molecular flexibility index (Phi) is 4.89. The summed E-state index contributed by atoms with van der Waals surface area (Å²) in [6, 6.07) is 9.46. The smallest absolute Gasteiger partial charge is 0.147 e. The van der Waals surface area contributed by atoms with Crippen LogP contribution < -0.4 is 5.32 Å². The zero-order valence-electron chi connectivity index (χ0n) is 10.8. The Morgan fingerprint density at radius 2 is 2.10 bits per heavy atom. The molecule has 0 fully saturated rings. The monoisotopic (exact) mass is 357 g/mol. The van der Waals surface area contributed by atoms with E-state index in [0.717, 1.165) is 4.47 Å². The molecule has 1 unspecified atom stereocenters. The summed E-state index contributed by atoms with van der Waals surface area (Å²) in [7, 11) is 0. The van der Waals surface area contributed by atoms with Gasteiger partial charge in [0.25, 0.3) is 0 Å². The van der Waals surface area contributed by atoms with Gasteiger partial charge >= 0.3 is 0 Å². The van der Waals surface area contributed by atoms with Crippen LogP contribution in [0.25, 0.3) is 0 Å². The van der Waals surface area contributed by atoms with Crippen molar-refractivity contribution in [2.45, 2.75) is 19.4 Å². The molecular formula is C15H14BrClFNO. The molecule has 20 heavy (non-hydrogen) atoms. The Morgan fingerprint density at radius 1 is 1.35 bits per heavy atom. The van der Waals surface area contributed by atoms with Gasteiger partial charge in [0.2, 0.25) is 0 Å². The Morgan fingerprint density at radius 3 is 2.75 bits per heavy atom. The third-order valence-electron chi connectivity index (χ3n) is 3.05. The standard InChI is InChI=1S/C15H14BrClFNO/c1-2-13(10-8-9(16)6-7-14(10)20)19-15-11(17)4-3-5-12(15)18/h3-8,13,19-20H,2H2,1H3. The molecule has 0 saturated heterocycles. The lowest BCUT2D eigenvalue weighted by Crippen LogP contribution is -2.11. The first-order chi connectivity index (χ1) is 9.52. The fourth-order valence-electron chi connectivity index (χ4n) is 2.01. The molecule has 106 valence electrons. The van der Waals surface area contributed by atoms with Crippen LogP contribution in [0.3, 0.4) is 0 Å². The van der Waals surface area contributed by atoms with Crippen LogP contribution >= 0.6 is 27.5 Å². The van der Waals surface area contributed by atoms with Crippen molar-refractivity contribution in [3.63, 3.8) is 0 Å². The molecule has 0 radical (unpaired) electrons. The molecule has 0 aromatic heterocycles. The number of para-hydroxylation sites is 1. The topological polar surface area (TPSA) is 32.3 Å². The molecule has 0 aliphatic rings. The van der Waals surface area contributed by atoms with Gasteiger partial charge in [-0.25, -0.2) is 4.39 Å². The second-order valence-corrected chi connectivity index (χ2v) is 5.73. The van der Waals surface area contributed by atoms with Crippen LogP contribution in [0, 0.1) is 5.82 Å². The number of rotatable bonds is 4. The Hall–Kier alpha value is -1.26. The zero-order chi connectivity index (χ0) is 14.7. The van der Waals surface area contributed by atoms with Crippen molar-refractivity contribution in [1.29, 1.82) is 0 Å². The van der Waals surface area contributed by atoms with Gasteiger partial charge in [0, 0.05) is 10.0 Å². The van der Waals surface area contributed by atoms with E-state index in [2.05, 4.69) is 21.2 Å². The molecule has 2 nitrogen and oxygen atoms in total. The molecule has 0 aliphatic heterocycles. The number of halogens is 3. The minimum Gasteiger partial charge on any atom is -0.508 e. The largest absolute Gasteiger partial charge is 0.508 e. The molecule has 0 amide bonds. The van der Waals surface area contributed by atoms with Crippen LogP contribution in [0.2, 0.25) is 5.02 Å². The summed E-state index contributed by atoms with van der Waals surface area (Å²) >= 11 is 9.38. The first kappa shape index (κ1) is 15.1. The highest BCUT2D eigenvalue weighted by atomic mass is 79.9. The van der Waals surface area contributed by atoms with Crippen molar-refractivity contribution >= 4 is 33.2 Å². The summed E-state index contributed by atoms with van der Waals surface area (Å²) in [5, 5.41) is 13.3. The highest BCUT2D eigenvalue weighted by Crippen LogP contribution is 2.34. The minimum atomic E-state index is -0.412. The molecule has 0 saturated carbocycles. The molecule has 2 aromatic carbocycles. The van der Waals surface area contributed by atoms with E-state index in [0.29, 0.717) is 17.0 Å². The molecule has 5 heteroatoms. The molecule has 0 heterocycles. The molecule has 0 spiro atoms. The van der Waals surface area contributed by atoms with Gasteiger partial charge in [-0.3, -0.25) is 0 Å². The van der Waals surface area contributed by atoms with Gasteiger partial charge in [0.1, 0.15) is 11.6 Å². The molecule has 0 bridgehead atoms. The predicted octanol–water partition coefficient (Wildman–Crippen LogP) is 5.51. The van der Waals surface area contributed by atoms with Crippen LogP contribution in [0.5, 0.6) is 5.75 Å². The van der Waals surface area contributed by atoms with Crippen molar-refractivity contribution in [3.8, 4) is 5.75 Å². The van der Waals surface area contributed by atoms with Crippen LogP contribution in [0.4, 0.5) is 10.1 Å². The maximum absolute atomic E-state index is 13.8. The van der Waals surface area contributed by atoms with E-state index in [1.165, 1.54) is 6.07 Å². The number of anilines is 1. The lowest BCUT2D eigenvalue weighted by atomic mass is 10.0. The highest BCUT2D eigenvalue weighted by Gasteiger charge is 2.17. The van der Waals surface area contributed by atoms with Gasteiger partial charge in [-0.1, -0.05) is 40.5 Å². The quantitative estimate of drug-likeness (QED) is 0.755. The fraction of sp³-hybridized carbons (Fsp3) is 0.200. The number of phenolic OH excluding ortho intramolecular Hbond substituents is 1. The molecule has 2 rings (SSSR count). The van der Waals surface area contributed by atoms with Crippen LogP contribution in [-0.2, 0) is 0 Å². The van der Waals surface area contributed by atoms with Crippen LogP contribution in [0.1, 0.15) is 24.9 Å². The Labute approximate surface area is 130 Å². The number of hydrogen-bond acceptors (Lipinski definition) is 2. The third kappa shape index (κ3) is 3.25. The van der Waals surface area contributed by atoms with Crippen molar-refractivity contribution < 1.29 is 9.50 Å². The minimum absolute atomic E-state index is 0.167. The number of nitrogens with one attached hydrogen (secondary N) is 1. The van der Waals surface area contributed by atoms with E-state index >= 15 is 0 Å². The lowest BCUT2D eigenvalue weighted by Gasteiger charge is -2.21. The second-order valence-electron chi connectivity index (χ2n) is 4.40. The van der Waals surface area contributed by atoms with E-state index in [4.69, 9.17) is 11.6 Å². The van der Waals surface area contributed by atoms with E-state index in [1.807, 2.05) is 13.0 Å². The lowest BCUT2D eigenvalue weighted by molar-refractivity contribution is 0.462. The van der Waals surface area contributed by atoms with Crippen LogP contribution in [0.15, 0.2) is 40.9 Å². The molecule has 1 atom stereocenters. The van der Waals surface area contributed by atoms with E-state index in [-0.39, 0.29) is 17.5 Å². The summed E-state index contributed by atoms with van der Waals surface area (Å²) in [5.41, 5.74) is 0.946. The maximum Gasteiger partial charge on any atom is 0.147 e.